The fourth-order valence-electron chi connectivity index (χ4n) is 2.11. The molecular weight excluding hydrogens is 216 g/mol. The number of ether oxygens (including phenoxy) is 1. The normalized spacial score (nSPS) is 36.6. The van der Waals surface area contributed by atoms with Crippen molar-refractivity contribution in [2.75, 3.05) is 19.6 Å². The van der Waals surface area contributed by atoms with E-state index in [9.17, 15) is 4.79 Å². The van der Waals surface area contributed by atoms with Crippen molar-refractivity contribution in [3.8, 4) is 0 Å². The van der Waals surface area contributed by atoms with Gasteiger partial charge in [0.05, 0.1) is 12.6 Å². The van der Waals surface area contributed by atoms with Crippen LogP contribution in [-0.4, -0.2) is 48.8 Å². The number of hydrogen-bond acceptors (Lipinski definition) is 3. The van der Waals surface area contributed by atoms with Gasteiger partial charge in [-0.1, -0.05) is 11.6 Å². The van der Waals surface area contributed by atoms with Gasteiger partial charge in [-0.05, 0) is 25.0 Å². The molecular formula is C10H15ClN2O2. The Morgan fingerprint density at radius 2 is 2.40 bits per heavy atom. The van der Waals surface area contributed by atoms with Crippen LogP contribution in [0.5, 0.6) is 0 Å². The minimum atomic E-state index is -0.368. The summed E-state index contributed by atoms with van der Waals surface area (Å²) in [5, 5.41) is 0. The number of morpholine rings is 1. The average molecular weight is 231 g/mol. The number of alkyl halides is 1. The molecule has 2 heterocycles. The van der Waals surface area contributed by atoms with Crippen molar-refractivity contribution in [1.82, 2.24) is 4.90 Å². The molecule has 3 unspecified atom stereocenters. The van der Waals surface area contributed by atoms with E-state index in [0.29, 0.717) is 19.0 Å². The molecule has 0 radical (unpaired) electrons. The van der Waals surface area contributed by atoms with Crippen LogP contribution in [0, 0.1) is 5.92 Å². The lowest BCUT2D eigenvalue weighted by molar-refractivity contribution is -0.130. The molecule has 1 saturated heterocycles. The molecule has 4 nitrogen and oxygen atoms in total. The van der Waals surface area contributed by atoms with Crippen molar-refractivity contribution in [2.24, 2.45) is 10.9 Å². The van der Waals surface area contributed by atoms with Gasteiger partial charge in [-0.25, -0.2) is 0 Å². The molecule has 0 aromatic rings. The molecule has 1 amide bonds. The highest BCUT2D eigenvalue weighted by Crippen LogP contribution is 2.25. The second-order valence-corrected chi connectivity index (χ2v) is 4.50. The van der Waals surface area contributed by atoms with Gasteiger partial charge in [0.25, 0.3) is 0 Å². The monoisotopic (exact) mass is 230 g/mol. The molecule has 1 fully saturated rings. The highest BCUT2D eigenvalue weighted by atomic mass is 35.5. The number of hydrogen-bond donors (Lipinski definition) is 0. The number of halogens is 1. The number of carbonyl (C=O) groups excluding carboxylic acids is 1. The van der Waals surface area contributed by atoms with Crippen LogP contribution in [0.4, 0.5) is 0 Å². The summed E-state index contributed by atoms with van der Waals surface area (Å²) in [7, 11) is 0. The van der Waals surface area contributed by atoms with Crippen LogP contribution in [0.1, 0.15) is 12.8 Å². The number of amides is 1. The third-order valence-electron chi connectivity index (χ3n) is 2.96. The molecule has 0 aliphatic carbocycles. The standard InChI is InChI=1S/C10H15ClN2O2/c11-10-6-13(7-14)5-9(15-10)8-1-3-12-4-2-8/h3,7-10H,1-2,4-6H2. The number of carbonyl (C=O) groups is 1. The Balaban J connectivity index is 1.95. The molecule has 0 aromatic heterocycles. The molecule has 0 saturated carbocycles. The van der Waals surface area contributed by atoms with Gasteiger partial charge in [0.2, 0.25) is 6.41 Å². The zero-order chi connectivity index (χ0) is 10.7. The average Bonchev–Trinajstić information content (AvgIpc) is 2.29. The first-order valence-corrected chi connectivity index (χ1v) is 5.70. The summed E-state index contributed by atoms with van der Waals surface area (Å²) in [5.74, 6) is 0.450. The van der Waals surface area contributed by atoms with E-state index >= 15 is 0 Å². The molecule has 0 bridgehead atoms. The first kappa shape index (κ1) is 10.9. The van der Waals surface area contributed by atoms with Gasteiger partial charge < -0.3 is 9.64 Å². The third kappa shape index (κ3) is 2.69. The Hall–Kier alpha value is -0.610. The summed E-state index contributed by atoms with van der Waals surface area (Å²) >= 11 is 5.95. The van der Waals surface area contributed by atoms with Crippen LogP contribution in [0.2, 0.25) is 0 Å². The summed E-state index contributed by atoms with van der Waals surface area (Å²) in [6, 6.07) is 0. The molecule has 2 rings (SSSR count). The Morgan fingerprint density at radius 3 is 3.07 bits per heavy atom. The fourth-order valence-corrected chi connectivity index (χ4v) is 2.42. The Bertz CT molecular complexity index is 260. The van der Waals surface area contributed by atoms with Gasteiger partial charge >= 0.3 is 0 Å². The molecule has 15 heavy (non-hydrogen) atoms. The molecule has 0 N–H and O–H groups in total. The summed E-state index contributed by atoms with van der Waals surface area (Å²) in [4.78, 5) is 16.6. The van der Waals surface area contributed by atoms with Crippen molar-refractivity contribution >= 4 is 24.2 Å². The maximum absolute atomic E-state index is 10.7. The maximum Gasteiger partial charge on any atom is 0.209 e. The first-order valence-electron chi connectivity index (χ1n) is 5.26. The highest BCUT2D eigenvalue weighted by molar-refractivity contribution is 6.20. The van der Waals surface area contributed by atoms with Crippen molar-refractivity contribution in [3.63, 3.8) is 0 Å². The summed E-state index contributed by atoms with van der Waals surface area (Å²) in [6.07, 6.45) is 4.82. The van der Waals surface area contributed by atoms with Crippen molar-refractivity contribution < 1.29 is 9.53 Å². The van der Waals surface area contributed by atoms with Gasteiger partial charge in [-0.2, -0.15) is 0 Å². The smallest absolute Gasteiger partial charge is 0.209 e. The van der Waals surface area contributed by atoms with Crippen molar-refractivity contribution in [3.05, 3.63) is 0 Å². The molecule has 3 atom stereocenters. The van der Waals surface area contributed by atoms with Crippen LogP contribution in [-0.2, 0) is 9.53 Å². The molecule has 5 heteroatoms. The van der Waals surface area contributed by atoms with Gasteiger partial charge in [0.1, 0.15) is 5.56 Å². The Kier molecular flexibility index (Phi) is 3.59. The van der Waals surface area contributed by atoms with E-state index in [1.165, 1.54) is 0 Å². The zero-order valence-corrected chi connectivity index (χ0v) is 9.27. The van der Waals surface area contributed by atoms with E-state index < -0.39 is 0 Å². The van der Waals surface area contributed by atoms with E-state index in [1.807, 2.05) is 6.21 Å². The predicted octanol–water partition coefficient (Wildman–Crippen LogP) is 0.889. The van der Waals surface area contributed by atoms with E-state index in [1.54, 1.807) is 4.90 Å². The quantitative estimate of drug-likeness (QED) is 0.522. The van der Waals surface area contributed by atoms with Gasteiger partial charge in [-0.15, -0.1) is 0 Å². The molecule has 2 aliphatic rings. The summed E-state index contributed by atoms with van der Waals surface area (Å²) < 4.78 is 5.66. The molecule has 84 valence electrons. The van der Waals surface area contributed by atoms with Crippen LogP contribution < -0.4 is 0 Å². The maximum atomic E-state index is 10.7. The van der Waals surface area contributed by atoms with Gasteiger partial charge in [0, 0.05) is 13.1 Å². The first-order chi connectivity index (χ1) is 7.29. The van der Waals surface area contributed by atoms with Crippen molar-refractivity contribution in [2.45, 2.75) is 24.5 Å². The Labute approximate surface area is 94.2 Å². The predicted molar refractivity (Wildman–Crippen MR) is 58.2 cm³/mol. The van der Waals surface area contributed by atoms with Crippen LogP contribution in [0.3, 0.4) is 0 Å². The second-order valence-electron chi connectivity index (χ2n) is 4.02. The van der Waals surface area contributed by atoms with Crippen LogP contribution >= 0.6 is 11.6 Å². The molecule has 2 aliphatic heterocycles. The Morgan fingerprint density at radius 1 is 1.53 bits per heavy atom. The number of rotatable bonds is 2. The SMILES string of the molecule is O=CN1CC(Cl)OC(C2CC=NCC2)C1. The highest BCUT2D eigenvalue weighted by Gasteiger charge is 2.31. The largest absolute Gasteiger partial charge is 0.355 e. The van der Waals surface area contributed by atoms with Gasteiger partial charge in [0.15, 0.2) is 0 Å². The van der Waals surface area contributed by atoms with Crippen LogP contribution in [0.25, 0.3) is 0 Å². The fraction of sp³-hybridized carbons (Fsp3) is 0.800. The minimum absolute atomic E-state index is 0.0678. The third-order valence-corrected chi connectivity index (χ3v) is 3.20. The summed E-state index contributed by atoms with van der Waals surface area (Å²) in [5.41, 5.74) is -0.368. The lowest BCUT2D eigenvalue weighted by Gasteiger charge is -2.37. The number of nitrogens with zero attached hydrogens (tertiary/aromatic N) is 2. The lowest BCUT2D eigenvalue weighted by atomic mass is 9.92. The van der Waals surface area contributed by atoms with E-state index in [2.05, 4.69) is 4.99 Å². The summed E-state index contributed by atoms with van der Waals surface area (Å²) in [6.45, 7) is 2.01. The van der Waals surface area contributed by atoms with E-state index in [0.717, 1.165) is 25.8 Å². The zero-order valence-electron chi connectivity index (χ0n) is 8.51. The van der Waals surface area contributed by atoms with E-state index in [4.69, 9.17) is 16.3 Å². The van der Waals surface area contributed by atoms with E-state index in [-0.39, 0.29) is 11.7 Å². The molecule has 0 spiro atoms. The second kappa shape index (κ2) is 4.94. The van der Waals surface area contributed by atoms with Crippen LogP contribution in [0.15, 0.2) is 4.99 Å². The minimum Gasteiger partial charge on any atom is -0.355 e. The lowest BCUT2D eigenvalue weighted by Crippen LogP contribution is -2.48. The van der Waals surface area contributed by atoms with Crippen molar-refractivity contribution in [1.29, 1.82) is 0 Å². The topological polar surface area (TPSA) is 41.9 Å². The van der Waals surface area contributed by atoms with Gasteiger partial charge in [-0.3, -0.25) is 9.79 Å². The number of aliphatic imine (C=N–C) groups is 1. The molecule has 0 aromatic carbocycles.